The van der Waals surface area contributed by atoms with Crippen molar-refractivity contribution >= 4 is 54.9 Å². The number of hydrogen-bond acceptors (Lipinski definition) is 3. The van der Waals surface area contributed by atoms with Crippen LogP contribution in [0.1, 0.15) is 26.3 Å². The number of carbonyl (C=O) groups is 2. The minimum atomic E-state index is -0.0596. The molecule has 0 radical (unpaired) electrons. The predicted molar refractivity (Wildman–Crippen MR) is 90.1 cm³/mol. The quantitative estimate of drug-likeness (QED) is 0.688. The van der Waals surface area contributed by atoms with Crippen molar-refractivity contribution in [3.63, 3.8) is 0 Å². The molecule has 1 amide bonds. The van der Waals surface area contributed by atoms with Crippen molar-refractivity contribution in [3.8, 4) is 0 Å². The molecule has 0 spiro atoms. The van der Waals surface area contributed by atoms with E-state index in [4.69, 9.17) is 0 Å². The summed E-state index contributed by atoms with van der Waals surface area (Å²) >= 11 is 8.21. The van der Waals surface area contributed by atoms with Crippen LogP contribution >= 0.6 is 43.2 Å². The van der Waals surface area contributed by atoms with Gasteiger partial charge in [0.2, 0.25) is 0 Å². The van der Waals surface area contributed by atoms with Crippen molar-refractivity contribution < 1.29 is 9.59 Å². The Morgan fingerprint density at radius 2 is 2.05 bits per heavy atom. The summed E-state index contributed by atoms with van der Waals surface area (Å²) in [4.78, 5) is 26.4. The summed E-state index contributed by atoms with van der Waals surface area (Å²) in [6, 6.07) is 9.38. The smallest absolute Gasteiger partial charge is 0.254 e. The molecule has 21 heavy (non-hydrogen) atoms. The van der Waals surface area contributed by atoms with Gasteiger partial charge in [0.05, 0.1) is 14.1 Å². The van der Waals surface area contributed by atoms with Crippen LogP contribution in [0.15, 0.2) is 37.9 Å². The number of halogens is 2. The second-order valence-corrected chi connectivity index (χ2v) is 8.54. The van der Waals surface area contributed by atoms with Crippen LogP contribution in [-0.2, 0) is 6.42 Å². The SMILES string of the molecule is O=C(CN1CCc2ccccc2C1=O)c1cc(Br)sc1Br. The second kappa shape index (κ2) is 6.02. The van der Waals surface area contributed by atoms with E-state index < -0.39 is 0 Å². The normalized spacial score (nSPS) is 14.2. The molecule has 0 aliphatic carbocycles. The molecule has 0 fully saturated rings. The maximum Gasteiger partial charge on any atom is 0.254 e. The zero-order valence-corrected chi connectivity index (χ0v) is 14.9. The van der Waals surface area contributed by atoms with E-state index in [1.54, 1.807) is 11.0 Å². The van der Waals surface area contributed by atoms with Gasteiger partial charge in [-0.2, -0.15) is 0 Å². The first-order valence-electron chi connectivity index (χ1n) is 6.41. The van der Waals surface area contributed by atoms with Crippen molar-refractivity contribution in [1.29, 1.82) is 0 Å². The maximum atomic E-state index is 12.4. The molecule has 108 valence electrons. The number of Topliss-reactive ketones (excluding diaryl/α,β-unsaturated/α-hetero) is 1. The number of fused-ring (bicyclic) bond motifs is 1. The van der Waals surface area contributed by atoms with Gasteiger partial charge in [-0.15, -0.1) is 11.3 Å². The van der Waals surface area contributed by atoms with Crippen molar-refractivity contribution in [2.45, 2.75) is 6.42 Å². The lowest BCUT2D eigenvalue weighted by Crippen LogP contribution is -2.40. The summed E-state index contributed by atoms with van der Waals surface area (Å²) in [5, 5.41) is 0. The lowest BCUT2D eigenvalue weighted by Gasteiger charge is -2.27. The lowest BCUT2D eigenvalue weighted by atomic mass is 9.99. The molecule has 0 saturated heterocycles. The third-order valence-corrected chi connectivity index (χ3v) is 5.82. The number of hydrogen-bond donors (Lipinski definition) is 0. The van der Waals surface area contributed by atoms with Gasteiger partial charge in [-0.3, -0.25) is 9.59 Å². The van der Waals surface area contributed by atoms with E-state index >= 15 is 0 Å². The Balaban J connectivity index is 1.79. The van der Waals surface area contributed by atoms with Crippen molar-refractivity contribution in [1.82, 2.24) is 4.90 Å². The van der Waals surface area contributed by atoms with Gasteiger partial charge in [0, 0.05) is 17.7 Å². The minimum absolute atomic E-state index is 0.0449. The number of rotatable bonds is 3. The molecule has 0 saturated carbocycles. The predicted octanol–water partition coefficient (Wildman–Crippen LogP) is 4.15. The Bertz CT molecular complexity index is 726. The molecular weight excluding hydrogens is 418 g/mol. The highest BCUT2D eigenvalue weighted by Crippen LogP contribution is 2.32. The van der Waals surface area contributed by atoms with Crippen LogP contribution in [0.2, 0.25) is 0 Å². The molecule has 3 nitrogen and oxygen atoms in total. The van der Waals surface area contributed by atoms with Crippen LogP contribution < -0.4 is 0 Å². The monoisotopic (exact) mass is 427 g/mol. The highest BCUT2D eigenvalue weighted by Gasteiger charge is 2.26. The summed E-state index contributed by atoms with van der Waals surface area (Å²) in [7, 11) is 0. The first-order chi connectivity index (χ1) is 10.1. The van der Waals surface area contributed by atoms with Crippen LogP contribution in [0.5, 0.6) is 0 Å². The third kappa shape index (κ3) is 2.98. The van der Waals surface area contributed by atoms with Gasteiger partial charge >= 0.3 is 0 Å². The number of ketones is 1. The molecule has 0 bridgehead atoms. The Labute approximate surface area is 143 Å². The molecular formula is C15H11Br2NO2S. The molecule has 0 unspecified atom stereocenters. The van der Waals surface area contributed by atoms with E-state index in [-0.39, 0.29) is 18.2 Å². The van der Waals surface area contributed by atoms with Crippen LogP contribution in [0.25, 0.3) is 0 Å². The third-order valence-electron chi connectivity index (χ3n) is 3.48. The molecule has 6 heteroatoms. The zero-order chi connectivity index (χ0) is 15.0. The largest absolute Gasteiger partial charge is 0.331 e. The van der Waals surface area contributed by atoms with Crippen LogP contribution in [0, 0.1) is 0 Å². The maximum absolute atomic E-state index is 12.4. The fourth-order valence-corrected chi connectivity index (χ4v) is 5.27. The number of benzene rings is 1. The summed E-state index contributed by atoms with van der Waals surface area (Å²) in [6.45, 7) is 0.708. The molecule has 0 atom stereocenters. The van der Waals surface area contributed by atoms with E-state index in [1.807, 2.05) is 24.3 Å². The number of amides is 1. The molecule has 3 rings (SSSR count). The Morgan fingerprint density at radius 3 is 2.76 bits per heavy atom. The van der Waals surface area contributed by atoms with E-state index in [1.165, 1.54) is 11.3 Å². The summed E-state index contributed by atoms with van der Waals surface area (Å²) in [6.07, 6.45) is 0.795. The van der Waals surface area contributed by atoms with Crippen molar-refractivity contribution in [2.75, 3.05) is 13.1 Å². The molecule has 2 aromatic rings. The lowest BCUT2D eigenvalue weighted by molar-refractivity contribution is 0.0695. The fourth-order valence-electron chi connectivity index (χ4n) is 2.41. The summed E-state index contributed by atoms with van der Waals surface area (Å²) in [5.74, 6) is -0.104. The molecule has 2 heterocycles. The van der Waals surface area contributed by atoms with Crippen LogP contribution in [0.3, 0.4) is 0 Å². The molecule has 1 aromatic carbocycles. The van der Waals surface area contributed by atoms with Crippen LogP contribution in [0.4, 0.5) is 0 Å². The molecule has 0 N–H and O–H groups in total. The van der Waals surface area contributed by atoms with Gasteiger partial charge in [0.15, 0.2) is 5.78 Å². The number of nitrogens with zero attached hydrogens (tertiary/aromatic N) is 1. The number of carbonyl (C=O) groups excluding carboxylic acids is 2. The fraction of sp³-hybridized carbons (Fsp3) is 0.200. The number of thiophene rings is 1. The van der Waals surface area contributed by atoms with Gasteiger partial charge in [-0.1, -0.05) is 18.2 Å². The van der Waals surface area contributed by atoms with Gasteiger partial charge in [0.25, 0.3) is 5.91 Å². The van der Waals surface area contributed by atoms with E-state index in [9.17, 15) is 9.59 Å². The van der Waals surface area contributed by atoms with Gasteiger partial charge in [-0.25, -0.2) is 0 Å². The average Bonchev–Trinajstić information content (AvgIpc) is 2.81. The summed E-state index contributed by atoms with van der Waals surface area (Å²) in [5.41, 5.74) is 2.39. The Morgan fingerprint density at radius 1 is 1.29 bits per heavy atom. The average molecular weight is 429 g/mol. The molecule has 1 aliphatic rings. The molecule has 1 aliphatic heterocycles. The van der Waals surface area contributed by atoms with E-state index in [0.29, 0.717) is 17.7 Å². The van der Waals surface area contributed by atoms with E-state index in [0.717, 1.165) is 19.6 Å². The highest BCUT2D eigenvalue weighted by atomic mass is 79.9. The van der Waals surface area contributed by atoms with Crippen LogP contribution in [-0.4, -0.2) is 29.7 Å². The van der Waals surface area contributed by atoms with Crippen molar-refractivity contribution in [2.24, 2.45) is 0 Å². The van der Waals surface area contributed by atoms with Gasteiger partial charge in [0.1, 0.15) is 0 Å². The van der Waals surface area contributed by atoms with Gasteiger partial charge in [-0.05, 0) is 56.0 Å². The van der Waals surface area contributed by atoms with Crippen molar-refractivity contribution in [3.05, 3.63) is 54.6 Å². The first-order valence-corrected chi connectivity index (χ1v) is 8.81. The standard InChI is InChI=1S/C15H11Br2NO2S/c16-13-7-11(14(17)21-13)12(19)8-18-6-5-9-3-1-2-4-10(9)15(18)20/h1-4,7H,5-6,8H2. The Hall–Kier alpha value is -0.980. The first kappa shape index (κ1) is 14.9. The molecule has 1 aromatic heterocycles. The topological polar surface area (TPSA) is 37.4 Å². The minimum Gasteiger partial charge on any atom is -0.331 e. The zero-order valence-electron chi connectivity index (χ0n) is 10.9. The second-order valence-electron chi connectivity index (χ2n) is 4.79. The summed E-state index contributed by atoms with van der Waals surface area (Å²) < 4.78 is 1.69. The highest BCUT2D eigenvalue weighted by molar-refractivity contribution is 9.12. The van der Waals surface area contributed by atoms with E-state index in [2.05, 4.69) is 31.9 Å². The Kier molecular flexibility index (Phi) is 4.28. The van der Waals surface area contributed by atoms with Gasteiger partial charge < -0.3 is 4.90 Å².